The van der Waals surface area contributed by atoms with Gasteiger partial charge < -0.3 is 11.1 Å². The Morgan fingerprint density at radius 2 is 2.33 bits per heavy atom. The summed E-state index contributed by atoms with van der Waals surface area (Å²) in [6, 6.07) is 1.75. The van der Waals surface area contributed by atoms with E-state index in [0.29, 0.717) is 18.3 Å². The van der Waals surface area contributed by atoms with Gasteiger partial charge in [-0.05, 0) is 12.8 Å². The highest BCUT2D eigenvalue weighted by molar-refractivity contribution is 5.75. The molecule has 5 nitrogen and oxygen atoms in total. The highest BCUT2D eigenvalue weighted by Crippen LogP contribution is 2.03. The summed E-state index contributed by atoms with van der Waals surface area (Å²) in [5.74, 6) is 0.872. The highest BCUT2D eigenvalue weighted by atomic mass is 16.2. The molecular weight excluding hydrogens is 192 g/mol. The normalized spacial score (nSPS) is 10.7. The van der Waals surface area contributed by atoms with Crippen LogP contribution in [0.1, 0.15) is 19.5 Å². The molecule has 0 fully saturated rings. The maximum atomic E-state index is 11.5. The van der Waals surface area contributed by atoms with E-state index in [1.165, 1.54) is 0 Å². The van der Waals surface area contributed by atoms with Gasteiger partial charge in [-0.2, -0.15) is 5.10 Å². The fourth-order valence-electron chi connectivity index (χ4n) is 1.21. The zero-order chi connectivity index (χ0) is 11.4. The van der Waals surface area contributed by atoms with Crippen molar-refractivity contribution in [1.29, 1.82) is 0 Å². The largest absolute Gasteiger partial charge is 0.382 e. The summed E-state index contributed by atoms with van der Waals surface area (Å²) < 4.78 is 1.60. The third-order valence-electron chi connectivity index (χ3n) is 2.00. The molecular formula is C10H18N4O. The molecule has 0 atom stereocenters. The number of nitrogen functional groups attached to an aromatic ring is 1. The number of nitrogens with zero attached hydrogens (tertiary/aromatic N) is 2. The Bertz CT molecular complexity index is 343. The van der Waals surface area contributed by atoms with E-state index in [1.807, 2.05) is 6.92 Å². The minimum Gasteiger partial charge on any atom is -0.382 e. The quantitative estimate of drug-likeness (QED) is 0.762. The maximum Gasteiger partial charge on any atom is 0.241 e. The van der Waals surface area contributed by atoms with Crippen molar-refractivity contribution in [2.75, 3.05) is 12.3 Å². The number of aryl methyl sites for hydroxylation is 1. The molecule has 1 aromatic heterocycles. The van der Waals surface area contributed by atoms with Gasteiger partial charge in [-0.3, -0.25) is 9.48 Å². The molecule has 1 amide bonds. The predicted molar refractivity (Wildman–Crippen MR) is 59.2 cm³/mol. The monoisotopic (exact) mass is 210 g/mol. The number of carbonyl (C=O) groups excluding carboxylic acids is 1. The van der Waals surface area contributed by atoms with E-state index < -0.39 is 0 Å². The standard InChI is InChI=1S/C10H18N4O/c1-7(2)5-12-10(15)6-14-8(3)4-9(11)13-14/h4,7H,5-6H2,1-3H3,(H2,11,13)(H,12,15). The lowest BCUT2D eigenvalue weighted by atomic mass is 10.2. The first-order valence-electron chi connectivity index (χ1n) is 5.05. The second-order valence-electron chi connectivity index (χ2n) is 4.07. The molecule has 0 spiro atoms. The van der Waals surface area contributed by atoms with Crippen LogP contribution < -0.4 is 11.1 Å². The molecule has 0 aliphatic rings. The molecule has 1 heterocycles. The zero-order valence-electron chi connectivity index (χ0n) is 9.45. The molecule has 1 aromatic rings. The van der Waals surface area contributed by atoms with E-state index in [4.69, 9.17) is 5.73 Å². The number of hydrogen-bond donors (Lipinski definition) is 2. The van der Waals surface area contributed by atoms with Crippen molar-refractivity contribution >= 4 is 11.7 Å². The van der Waals surface area contributed by atoms with E-state index in [-0.39, 0.29) is 12.5 Å². The number of anilines is 1. The average molecular weight is 210 g/mol. The van der Waals surface area contributed by atoms with Crippen LogP contribution in [0.15, 0.2) is 6.07 Å². The first-order valence-corrected chi connectivity index (χ1v) is 5.05. The number of rotatable bonds is 4. The zero-order valence-corrected chi connectivity index (χ0v) is 9.45. The van der Waals surface area contributed by atoms with Gasteiger partial charge in [0.15, 0.2) is 0 Å². The Morgan fingerprint density at radius 3 is 2.80 bits per heavy atom. The average Bonchev–Trinajstić information content (AvgIpc) is 2.42. The Kier molecular flexibility index (Phi) is 3.71. The molecule has 15 heavy (non-hydrogen) atoms. The van der Waals surface area contributed by atoms with Crippen LogP contribution in [0.4, 0.5) is 5.82 Å². The van der Waals surface area contributed by atoms with Crippen LogP contribution in [-0.2, 0) is 11.3 Å². The summed E-state index contributed by atoms with van der Waals surface area (Å²) in [6.45, 7) is 6.90. The van der Waals surface area contributed by atoms with Gasteiger partial charge in [-0.15, -0.1) is 0 Å². The summed E-state index contributed by atoms with van der Waals surface area (Å²) in [5, 5.41) is 6.84. The summed E-state index contributed by atoms with van der Waals surface area (Å²) in [6.07, 6.45) is 0. The van der Waals surface area contributed by atoms with E-state index in [0.717, 1.165) is 5.69 Å². The van der Waals surface area contributed by atoms with Crippen LogP contribution >= 0.6 is 0 Å². The van der Waals surface area contributed by atoms with Crippen LogP contribution in [0.3, 0.4) is 0 Å². The number of nitrogens with two attached hydrogens (primary N) is 1. The van der Waals surface area contributed by atoms with Crippen molar-refractivity contribution in [3.8, 4) is 0 Å². The van der Waals surface area contributed by atoms with Crippen molar-refractivity contribution < 1.29 is 4.79 Å². The molecule has 0 bridgehead atoms. The molecule has 3 N–H and O–H groups in total. The Hall–Kier alpha value is -1.52. The summed E-state index contributed by atoms with van der Waals surface area (Å²) in [7, 11) is 0. The summed E-state index contributed by atoms with van der Waals surface area (Å²) >= 11 is 0. The van der Waals surface area contributed by atoms with E-state index in [9.17, 15) is 4.79 Å². The molecule has 0 aliphatic carbocycles. The summed E-state index contributed by atoms with van der Waals surface area (Å²) in [4.78, 5) is 11.5. The molecule has 1 rings (SSSR count). The number of hydrogen-bond acceptors (Lipinski definition) is 3. The van der Waals surface area contributed by atoms with E-state index in [1.54, 1.807) is 10.7 Å². The van der Waals surface area contributed by atoms with E-state index in [2.05, 4.69) is 24.3 Å². The SMILES string of the molecule is Cc1cc(N)nn1CC(=O)NCC(C)C. The van der Waals surface area contributed by atoms with Gasteiger partial charge in [-0.1, -0.05) is 13.8 Å². The maximum absolute atomic E-state index is 11.5. The Labute approximate surface area is 89.6 Å². The molecule has 0 unspecified atom stereocenters. The summed E-state index contributed by atoms with van der Waals surface area (Å²) in [5.41, 5.74) is 6.41. The lowest BCUT2D eigenvalue weighted by Crippen LogP contribution is -2.31. The Morgan fingerprint density at radius 1 is 1.67 bits per heavy atom. The van der Waals surface area contributed by atoms with Gasteiger partial charge in [0, 0.05) is 18.3 Å². The van der Waals surface area contributed by atoms with Crippen molar-refractivity contribution in [2.45, 2.75) is 27.3 Å². The third kappa shape index (κ3) is 3.61. The first-order chi connectivity index (χ1) is 6.99. The van der Waals surface area contributed by atoms with Gasteiger partial charge in [-0.25, -0.2) is 0 Å². The molecule has 84 valence electrons. The predicted octanol–water partition coefficient (Wildman–Crippen LogP) is 0.546. The van der Waals surface area contributed by atoms with Gasteiger partial charge in [0.05, 0.1) is 0 Å². The van der Waals surface area contributed by atoms with Crippen molar-refractivity contribution in [1.82, 2.24) is 15.1 Å². The second-order valence-corrected chi connectivity index (χ2v) is 4.07. The fourth-order valence-corrected chi connectivity index (χ4v) is 1.21. The number of amides is 1. The van der Waals surface area contributed by atoms with Crippen LogP contribution in [0, 0.1) is 12.8 Å². The second kappa shape index (κ2) is 4.82. The highest BCUT2D eigenvalue weighted by Gasteiger charge is 2.07. The van der Waals surface area contributed by atoms with Gasteiger partial charge in [0.1, 0.15) is 12.4 Å². The number of aromatic nitrogens is 2. The van der Waals surface area contributed by atoms with Gasteiger partial charge >= 0.3 is 0 Å². The molecule has 0 saturated carbocycles. The first kappa shape index (κ1) is 11.6. The molecule has 5 heteroatoms. The van der Waals surface area contributed by atoms with Crippen molar-refractivity contribution in [3.05, 3.63) is 11.8 Å². The van der Waals surface area contributed by atoms with E-state index >= 15 is 0 Å². The number of nitrogens with one attached hydrogen (secondary N) is 1. The lowest BCUT2D eigenvalue weighted by Gasteiger charge is -2.08. The number of carbonyl (C=O) groups is 1. The minimum atomic E-state index is -0.0325. The van der Waals surface area contributed by atoms with Crippen LogP contribution in [-0.4, -0.2) is 22.2 Å². The van der Waals surface area contributed by atoms with Crippen molar-refractivity contribution in [3.63, 3.8) is 0 Å². The smallest absolute Gasteiger partial charge is 0.241 e. The minimum absolute atomic E-state index is 0.0325. The molecule has 0 radical (unpaired) electrons. The fraction of sp³-hybridized carbons (Fsp3) is 0.600. The lowest BCUT2D eigenvalue weighted by molar-refractivity contribution is -0.122. The van der Waals surface area contributed by atoms with Crippen molar-refractivity contribution in [2.24, 2.45) is 5.92 Å². The molecule has 0 saturated heterocycles. The third-order valence-corrected chi connectivity index (χ3v) is 2.00. The molecule has 0 aliphatic heterocycles. The van der Waals surface area contributed by atoms with Crippen LogP contribution in [0.2, 0.25) is 0 Å². The van der Waals surface area contributed by atoms with Crippen LogP contribution in [0.5, 0.6) is 0 Å². The topological polar surface area (TPSA) is 72.9 Å². The van der Waals surface area contributed by atoms with Gasteiger partial charge in [0.2, 0.25) is 5.91 Å². The molecule has 0 aromatic carbocycles. The Balaban J connectivity index is 2.48. The van der Waals surface area contributed by atoms with Crippen LogP contribution in [0.25, 0.3) is 0 Å². The van der Waals surface area contributed by atoms with Gasteiger partial charge in [0.25, 0.3) is 0 Å².